The number of ether oxygens (including phenoxy) is 1. The van der Waals surface area contributed by atoms with Crippen LogP contribution in [0.15, 0.2) is 23.7 Å². The molecule has 31 heavy (non-hydrogen) atoms. The number of aromatic nitrogens is 2. The molecule has 2 aliphatic rings. The van der Waals surface area contributed by atoms with Crippen molar-refractivity contribution in [1.29, 1.82) is 0 Å². The lowest BCUT2D eigenvalue weighted by Crippen LogP contribution is -2.49. The molecule has 2 atom stereocenters. The molecule has 2 heterocycles. The van der Waals surface area contributed by atoms with Crippen molar-refractivity contribution in [3.8, 4) is 0 Å². The van der Waals surface area contributed by atoms with Crippen LogP contribution in [0.5, 0.6) is 0 Å². The van der Waals surface area contributed by atoms with E-state index < -0.39 is 5.60 Å². The van der Waals surface area contributed by atoms with Crippen LogP contribution in [0.25, 0.3) is 0 Å². The fourth-order valence-corrected chi connectivity index (χ4v) is 3.91. The minimum absolute atomic E-state index is 0. The van der Waals surface area contributed by atoms with E-state index in [9.17, 15) is 4.79 Å². The molecule has 8 nitrogen and oxygen atoms in total. The fourth-order valence-electron chi connectivity index (χ4n) is 3.91. The monoisotopic (exact) mass is 546 g/mol. The average molecular weight is 546 g/mol. The highest BCUT2D eigenvalue weighted by Crippen LogP contribution is 2.29. The lowest BCUT2D eigenvalue weighted by atomic mass is 9.93. The summed E-state index contributed by atoms with van der Waals surface area (Å²) in [4.78, 5) is 25.8. The van der Waals surface area contributed by atoms with Gasteiger partial charge in [0.2, 0.25) is 0 Å². The predicted molar refractivity (Wildman–Crippen MR) is 134 cm³/mol. The number of rotatable bonds is 6. The van der Waals surface area contributed by atoms with Gasteiger partial charge in [-0.15, -0.1) is 24.0 Å². The van der Waals surface area contributed by atoms with Crippen LogP contribution in [0.3, 0.4) is 0 Å². The van der Waals surface area contributed by atoms with Gasteiger partial charge >= 0.3 is 6.09 Å². The molecule has 1 aliphatic carbocycles. The molecular formula is C22H39IN6O2. The van der Waals surface area contributed by atoms with Gasteiger partial charge in [-0.3, -0.25) is 4.99 Å². The summed E-state index contributed by atoms with van der Waals surface area (Å²) in [5, 5.41) is 3.44. The summed E-state index contributed by atoms with van der Waals surface area (Å²) >= 11 is 0. The Morgan fingerprint density at radius 3 is 2.65 bits per heavy atom. The molecule has 176 valence electrons. The van der Waals surface area contributed by atoms with Crippen LogP contribution < -0.4 is 5.32 Å². The maximum Gasteiger partial charge on any atom is 0.410 e. The zero-order valence-electron chi connectivity index (χ0n) is 19.6. The summed E-state index contributed by atoms with van der Waals surface area (Å²) in [5.41, 5.74) is -0.477. The van der Waals surface area contributed by atoms with E-state index in [1.165, 1.54) is 0 Å². The second-order valence-electron chi connectivity index (χ2n) is 9.43. The molecule has 0 spiro atoms. The highest BCUT2D eigenvalue weighted by atomic mass is 127. The van der Waals surface area contributed by atoms with Gasteiger partial charge in [-0.05, 0) is 52.9 Å². The number of carbonyl (C=O) groups is 1. The van der Waals surface area contributed by atoms with Crippen molar-refractivity contribution in [2.75, 3.05) is 32.7 Å². The van der Waals surface area contributed by atoms with E-state index in [0.717, 1.165) is 44.9 Å². The number of carbonyl (C=O) groups excluding carboxylic acids is 1. The predicted octanol–water partition coefficient (Wildman–Crippen LogP) is 3.75. The minimum Gasteiger partial charge on any atom is -0.444 e. The molecule has 1 N–H and O–H groups in total. The number of piperidine rings is 1. The highest BCUT2D eigenvalue weighted by molar-refractivity contribution is 14.0. The Morgan fingerprint density at radius 2 is 2.06 bits per heavy atom. The first-order chi connectivity index (χ1) is 14.3. The van der Waals surface area contributed by atoms with Gasteiger partial charge in [0.25, 0.3) is 0 Å². The zero-order chi connectivity index (χ0) is 21.7. The molecule has 1 aliphatic heterocycles. The molecule has 0 bridgehead atoms. The van der Waals surface area contributed by atoms with Crippen molar-refractivity contribution in [3.05, 3.63) is 18.7 Å². The third kappa shape index (κ3) is 7.54. The lowest BCUT2D eigenvalue weighted by molar-refractivity contribution is 0.0240. The van der Waals surface area contributed by atoms with Gasteiger partial charge in [-0.25, -0.2) is 9.78 Å². The fraction of sp³-hybridized carbons (Fsp3) is 0.773. The third-order valence-corrected chi connectivity index (χ3v) is 5.68. The van der Waals surface area contributed by atoms with E-state index >= 15 is 0 Å². The second kappa shape index (κ2) is 11.4. The Bertz CT molecular complexity index is 714. The van der Waals surface area contributed by atoms with Crippen molar-refractivity contribution < 1.29 is 9.53 Å². The summed E-state index contributed by atoms with van der Waals surface area (Å²) < 4.78 is 7.80. The number of amides is 1. The number of likely N-dealkylation sites (tertiary alicyclic amines) is 1. The van der Waals surface area contributed by atoms with Gasteiger partial charge < -0.3 is 24.4 Å². The van der Waals surface area contributed by atoms with Crippen LogP contribution in [-0.2, 0) is 4.74 Å². The minimum atomic E-state index is -0.477. The van der Waals surface area contributed by atoms with Gasteiger partial charge in [0.05, 0.1) is 18.9 Å². The summed E-state index contributed by atoms with van der Waals surface area (Å²) in [7, 11) is 0. The number of halogens is 1. The maximum absolute atomic E-state index is 12.6. The van der Waals surface area contributed by atoms with E-state index in [4.69, 9.17) is 9.73 Å². The molecule has 1 aromatic rings. The molecule has 0 aromatic carbocycles. The molecular weight excluding hydrogens is 507 g/mol. The SMILES string of the molecule is CCNC(=NCCN(C(=O)OC(C)(C)C)C1CC1)N1CCC(C)C(n2ccnc2)C1.I. The Kier molecular flexibility index (Phi) is 9.45. The second-order valence-corrected chi connectivity index (χ2v) is 9.43. The number of nitrogens with one attached hydrogen (secondary N) is 1. The molecule has 1 saturated heterocycles. The van der Waals surface area contributed by atoms with Crippen LogP contribution in [0.1, 0.15) is 59.9 Å². The van der Waals surface area contributed by atoms with Crippen molar-refractivity contribution >= 4 is 36.0 Å². The largest absolute Gasteiger partial charge is 0.444 e. The average Bonchev–Trinajstić information content (AvgIpc) is 3.36. The third-order valence-electron chi connectivity index (χ3n) is 5.68. The van der Waals surface area contributed by atoms with Crippen molar-refractivity contribution in [3.63, 3.8) is 0 Å². The van der Waals surface area contributed by atoms with Gasteiger partial charge in [0.1, 0.15) is 5.60 Å². The number of hydrogen-bond acceptors (Lipinski definition) is 4. The quantitative estimate of drug-likeness (QED) is 0.334. The van der Waals surface area contributed by atoms with E-state index in [-0.39, 0.29) is 30.1 Å². The summed E-state index contributed by atoms with van der Waals surface area (Å²) in [6.07, 6.45) is 8.79. The normalized spacial score (nSPS) is 22.0. The first-order valence-electron chi connectivity index (χ1n) is 11.3. The molecule has 2 unspecified atom stereocenters. The van der Waals surface area contributed by atoms with Gasteiger partial charge in [0, 0.05) is 44.6 Å². The van der Waals surface area contributed by atoms with E-state index in [2.05, 4.69) is 33.6 Å². The molecule has 3 rings (SSSR count). The van der Waals surface area contributed by atoms with Crippen LogP contribution in [0.4, 0.5) is 4.79 Å². The number of hydrogen-bond donors (Lipinski definition) is 1. The van der Waals surface area contributed by atoms with Crippen molar-refractivity contribution in [2.45, 2.75) is 71.6 Å². The van der Waals surface area contributed by atoms with Gasteiger partial charge in [0.15, 0.2) is 5.96 Å². The summed E-state index contributed by atoms with van der Waals surface area (Å²) in [5.74, 6) is 1.52. The zero-order valence-corrected chi connectivity index (χ0v) is 21.9. The number of aliphatic imine (C=N–C) groups is 1. The highest BCUT2D eigenvalue weighted by Gasteiger charge is 2.35. The lowest BCUT2D eigenvalue weighted by Gasteiger charge is -2.39. The Labute approximate surface area is 203 Å². The van der Waals surface area contributed by atoms with E-state index in [0.29, 0.717) is 31.1 Å². The topological polar surface area (TPSA) is 75.0 Å². The Hall–Kier alpha value is -1.52. The Morgan fingerprint density at radius 1 is 1.32 bits per heavy atom. The Balaban J connectivity index is 0.00000341. The standard InChI is InChI=1S/C22H38N6O2.HI/c1-6-24-20(26-12-9-17(2)19(15-26)27-13-10-23-16-27)25-11-14-28(18-7-8-18)21(29)30-22(3,4)5;/h10,13,16-19H,6-9,11-12,14-15H2,1-5H3,(H,24,25);1H. The molecule has 0 radical (unpaired) electrons. The molecule has 2 fully saturated rings. The smallest absolute Gasteiger partial charge is 0.410 e. The van der Waals surface area contributed by atoms with Crippen LogP contribution in [0.2, 0.25) is 0 Å². The number of imidazole rings is 1. The number of nitrogens with zero attached hydrogens (tertiary/aromatic N) is 5. The summed E-state index contributed by atoms with van der Waals surface area (Å²) in [6, 6.07) is 0.689. The van der Waals surface area contributed by atoms with Crippen LogP contribution in [-0.4, -0.2) is 75.8 Å². The molecule has 1 aromatic heterocycles. The van der Waals surface area contributed by atoms with E-state index in [1.54, 1.807) is 0 Å². The van der Waals surface area contributed by atoms with Crippen molar-refractivity contribution in [1.82, 2.24) is 24.7 Å². The summed E-state index contributed by atoms with van der Waals surface area (Å²) in [6.45, 7) is 14.0. The molecule has 1 saturated carbocycles. The first-order valence-corrected chi connectivity index (χ1v) is 11.3. The molecule has 9 heteroatoms. The number of guanidine groups is 1. The van der Waals surface area contributed by atoms with Crippen LogP contribution in [0, 0.1) is 5.92 Å². The first kappa shape index (κ1) is 25.7. The van der Waals surface area contributed by atoms with Crippen molar-refractivity contribution in [2.24, 2.45) is 10.9 Å². The van der Waals surface area contributed by atoms with Gasteiger partial charge in [-0.2, -0.15) is 0 Å². The van der Waals surface area contributed by atoms with E-state index in [1.807, 2.05) is 44.4 Å². The maximum atomic E-state index is 12.6. The van der Waals surface area contributed by atoms with Gasteiger partial charge in [-0.1, -0.05) is 6.92 Å². The van der Waals surface area contributed by atoms with Crippen LogP contribution >= 0.6 is 24.0 Å². The molecule has 1 amide bonds.